The summed E-state index contributed by atoms with van der Waals surface area (Å²) in [5, 5.41) is 9.07. The summed E-state index contributed by atoms with van der Waals surface area (Å²) in [6, 6.07) is 3.44. The summed E-state index contributed by atoms with van der Waals surface area (Å²) in [6.45, 7) is 7.69. The van der Waals surface area contributed by atoms with Crippen molar-refractivity contribution in [1.82, 2.24) is 4.90 Å². The van der Waals surface area contributed by atoms with Crippen molar-refractivity contribution in [3.05, 3.63) is 54.9 Å². The molecule has 0 aliphatic rings. The zero-order chi connectivity index (χ0) is 12.8. The van der Waals surface area contributed by atoms with Gasteiger partial charge in [-0.25, -0.2) is 4.39 Å². The van der Waals surface area contributed by atoms with Crippen LogP contribution in [0.3, 0.4) is 0 Å². The highest BCUT2D eigenvalue weighted by Gasteiger charge is 2.17. The molecule has 17 heavy (non-hydrogen) atoms. The minimum atomic E-state index is -0.742. The van der Waals surface area contributed by atoms with E-state index in [0.29, 0.717) is 13.1 Å². The number of amides is 1. The summed E-state index contributed by atoms with van der Waals surface area (Å²) in [7, 11) is 0. The first-order valence-corrected chi connectivity index (χ1v) is 5.09. The van der Waals surface area contributed by atoms with Crippen molar-refractivity contribution in [2.45, 2.75) is 0 Å². The predicted molar refractivity (Wildman–Crippen MR) is 64.4 cm³/mol. The average molecular weight is 235 g/mol. The van der Waals surface area contributed by atoms with Crippen LogP contribution in [0, 0.1) is 5.82 Å². The lowest BCUT2D eigenvalue weighted by atomic mass is 10.1. The van der Waals surface area contributed by atoms with Gasteiger partial charge in [0.1, 0.15) is 11.6 Å². The van der Waals surface area contributed by atoms with Crippen LogP contribution >= 0.6 is 0 Å². The summed E-state index contributed by atoms with van der Waals surface area (Å²) < 4.78 is 13.5. The Morgan fingerprint density at radius 1 is 1.35 bits per heavy atom. The van der Waals surface area contributed by atoms with Gasteiger partial charge in [-0.05, 0) is 12.1 Å². The normalized spacial score (nSPS) is 9.71. The van der Waals surface area contributed by atoms with Gasteiger partial charge in [0.25, 0.3) is 5.91 Å². The summed E-state index contributed by atoms with van der Waals surface area (Å²) in [4.78, 5) is 13.4. The third-order valence-electron chi connectivity index (χ3n) is 2.17. The largest absolute Gasteiger partial charge is 0.508 e. The standard InChI is InChI=1S/C13H14FNO2/c1-3-7-15(8-4-2)13(17)11-6-5-10(16)9-12(11)14/h3-6,9,16H,1-2,7-8H2. The topological polar surface area (TPSA) is 40.5 Å². The molecule has 0 aliphatic carbocycles. The number of hydrogen-bond donors (Lipinski definition) is 1. The van der Waals surface area contributed by atoms with E-state index in [1.807, 2.05) is 0 Å². The Balaban J connectivity index is 2.99. The van der Waals surface area contributed by atoms with Crippen LogP contribution in [0.5, 0.6) is 5.75 Å². The molecule has 0 fully saturated rings. The van der Waals surface area contributed by atoms with Gasteiger partial charge < -0.3 is 10.0 Å². The molecule has 0 spiro atoms. The van der Waals surface area contributed by atoms with E-state index in [2.05, 4.69) is 13.2 Å². The van der Waals surface area contributed by atoms with Gasteiger partial charge in [0.15, 0.2) is 0 Å². The van der Waals surface area contributed by atoms with Gasteiger partial charge >= 0.3 is 0 Å². The van der Waals surface area contributed by atoms with Crippen LogP contribution in [-0.4, -0.2) is 29.0 Å². The Kier molecular flexibility index (Phi) is 4.46. The van der Waals surface area contributed by atoms with Crippen molar-refractivity contribution in [1.29, 1.82) is 0 Å². The molecular weight excluding hydrogens is 221 g/mol. The number of benzene rings is 1. The Hall–Kier alpha value is -2.10. The van der Waals surface area contributed by atoms with E-state index in [4.69, 9.17) is 5.11 Å². The second-order valence-electron chi connectivity index (χ2n) is 3.45. The third kappa shape index (κ3) is 3.17. The molecule has 0 saturated carbocycles. The fourth-order valence-electron chi connectivity index (χ4n) is 1.40. The van der Waals surface area contributed by atoms with E-state index in [9.17, 15) is 9.18 Å². The Morgan fingerprint density at radius 3 is 2.41 bits per heavy atom. The molecule has 0 aliphatic heterocycles. The Labute approximate surface area is 99.5 Å². The predicted octanol–water partition coefficient (Wildman–Crippen LogP) is 2.35. The molecule has 0 aromatic heterocycles. The average Bonchev–Trinajstić information content (AvgIpc) is 2.28. The van der Waals surface area contributed by atoms with Crippen molar-refractivity contribution < 1.29 is 14.3 Å². The molecule has 0 atom stereocenters. The van der Waals surface area contributed by atoms with Crippen LogP contribution in [0.1, 0.15) is 10.4 Å². The molecule has 0 heterocycles. The number of aromatic hydroxyl groups is 1. The van der Waals surface area contributed by atoms with E-state index in [-0.39, 0.29) is 11.3 Å². The van der Waals surface area contributed by atoms with Crippen LogP contribution in [0.15, 0.2) is 43.5 Å². The minimum absolute atomic E-state index is 0.0773. The molecule has 0 unspecified atom stereocenters. The van der Waals surface area contributed by atoms with Crippen LogP contribution in [0.4, 0.5) is 4.39 Å². The first kappa shape index (κ1) is 13.0. The lowest BCUT2D eigenvalue weighted by Crippen LogP contribution is -2.31. The van der Waals surface area contributed by atoms with Crippen LogP contribution < -0.4 is 0 Å². The van der Waals surface area contributed by atoms with Gasteiger partial charge in [-0.3, -0.25) is 4.79 Å². The maximum Gasteiger partial charge on any atom is 0.257 e. The summed E-state index contributed by atoms with van der Waals surface area (Å²) in [5.41, 5.74) is -0.0773. The van der Waals surface area contributed by atoms with Gasteiger partial charge in [0.05, 0.1) is 5.56 Å². The van der Waals surface area contributed by atoms with Gasteiger partial charge in [0.2, 0.25) is 0 Å². The molecule has 1 rings (SSSR count). The van der Waals surface area contributed by atoms with Gasteiger partial charge in [-0.15, -0.1) is 13.2 Å². The first-order valence-electron chi connectivity index (χ1n) is 5.09. The third-order valence-corrected chi connectivity index (χ3v) is 2.17. The highest BCUT2D eigenvalue weighted by molar-refractivity contribution is 5.94. The molecule has 90 valence electrons. The van der Waals surface area contributed by atoms with Crippen LogP contribution in [0.2, 0.25) is 0 Å². The van der Waals surface area contributed by atoms with Crippen molar-refractivity contribution >= 4 is 5.91 Å². The summed E-state index contributed by atoms with van der Waals surface area (Å²) in [6.07, 6.45) is 3.11. The number of carbonyl (C=O) groups excluding carboxylic acids is 1. The number of phenolic OH excluding ortho intramolecular Hbond substituents is 1. The van der Waals surface area contributed by atoms with Crippen molar-refractivity contribution in [2.75, 3.05) is 13.1 Å². The molecular formula is C13H14FNO2. The van der Waals surface area contributed by atoms with Crippen LogP contribution in [-0.2, 0) is 0 Å². The number of carbonyl (C=O) groups is 1. The van der Waals surface area contributed by atoms with Crippen LogP contribution in [0.25, 0.3) is 0 Å². The van der Waals surface area contributed by atoms with E-state index < -0.39 is 11.7 Å². The zero-order valence-corrected chi connectivity index (χ0v) is 9.40. The number of rotatable bonds is 5. The van der Waals surface area contributed by atoms with Crippen molar-refractivity contribution in [3.63, 3.8) is 0 Å². The number of phenols is 1. The van der Waals surface area contributed by atoms with E-state index in [1.165, 1.54) is 17.0 Å². The SMILES string of the molecule is C=CCN(CC=C)C(=O)c1ccc(O)cc1F. The molecule has 0 radical (unpaired) electrons. The second kappa shape index (κ2) is 5.84. The van der Waals surface area contributed by atoms with E-state index in [0.717, 1.165) is 6.07 Å². The minimum Gasteiger partial charge on any atom is -0.508 e. The Morgan fingerprint density at radius 2 is 1.94 bits per heavy atom. The quantitative estimate of drug-likeness (QED) is 0.796. The maximum absolute atomic E-state index is 13.5. The molecule has 0 saturated heterocycles. The molecule has 1 aromatic carbocycles. The molecule has 1 N–H and O–H groups in total. The number of halogens is 1. The Bertz CT molecular complexity index is 433. The fourth-order valence-corrected chi connectivity index (χ4v) is 1.40. The van der Waals surface area contributed by atoms with Crippen molar-refractivity contribution in [3.8, 4) is 5.75 Å². The first-order chi connectivity index (χ1) is 8.10. The highest BCUT2D eigenvalue weighted by atomic mass is 19.1. The van der Waals surface area contributed by atoms with Crippen molar-refractivity contribution in [2.24, 2.45) is 0 Å². The number of hydrogen-bond acceptors (Lipinski definition) is 2. The summed E-state index contributed by atoms with van der Waals surface area (Å²) in [5.74, 6) is -1.41. The van der Waals surface area contributed by atoms with E-state index >= 15 is 0 Å². The summed E-state index contributed by atoms with van der Waals surface area (Å²) >= 11 is 0. The maximum atomic E-state index is 13.5. The highest BCUT2D eigenvalue weighted by Crippen LogP contribution is 2.16. The smallest absolute Gasteiger partial charge is 0.257 e. The number of nitrogens with zero attached hydrogens (tertiary/aromatic N) is 1. The molecule has 1 aromatic rings. The van der Waals surface area contributed by atoms with Gasteiger partial charge in [0, 0.05) is 19.2 Å². The monoisotopic (exact) mass is 235 g/mol. The van der Waals surface area contributed by atoms with Gasteiger partial charge in [-0.1, -0.05) is 12.2 Å². The zero-order valence-electron chi connectivity index (χ0n) is 9.40. The molecule has 1 amide bonds. The molecule has 0 bridgehead atoms. The van der Waals surface area contributed by atoms with E-state index in [1.54, 1.807) is 12.2 Å². The fraction of sp³-hybridized carbons (Fsp3) is 0.154. The molecule has 3 nitrogen and oxygen atoms in total. The molecule has 4 heteroatoms. The second-order valence-corrected chi connectivity index (χ2v) is 3.45. The lowest BCUT2D eigenvalue weighted by molar-refractivity contribution is 0.0786. The van der Waals surface area contributed by atoms with Gasteiger partial charge in [-0.2, -0.15) is 0 Å². The lowest BCUT2D eigenvalue weighted by Gasteiger charge is -2.19.